The van der Waals surface area contributed by atoms with Crippen LogP contribution in [0.1, 0.15) is 22.6 Å². The van der Waals surface area contributed by atoms with Crippen molar-refractivity contribution in [3.05, 3.63) is 77.0 Å². The molecule has 0 fully saturated rings. The van der Waals surface area contributed by atoms with Crippen molar-refractivity contribution in [1.82, 2.24) is 25.5 Å². The van der Waals surface area contributed by atoms with E-state index in [2.05, 4.69) is 35.3 Å². The van der Waals surface area contributed by atoms with Crippen molar-refractivity contribution < 1.29 is 4.63 Å². The molecule has 3 aromatic heterocycles. The highest BCUT2D eigenvalue weighted by molar-refractivity contribution is 6.09. The molecule has 0 amide bonds. The molecule has 124 valence electrons. The molecule has 1 aliphatic heterocycles. The van der Waals surface area contributed by atoms with E-state index in [0.717, 1.165) is 16.7 Å². The molecule has 8 heteroatoms. The normalized spacial score (nSPS) is 19.0. The third-order valence-electron chi connectivity index (χ3n) is 4.58. The fraction of sp³-hybridized carbons (Fsp3) is 0.111. The molecule has 8 nitrogen and oxygen atoms in total. The van der Waals surface area contributed by atoms with Crippen molar-refractivity contribution in [2.45, 2.75) is 12.0 Å². The molecule has 0 bridgehead atoms. The molecule has 0 saturated heterocycles. The molecule has 4 aromatic rings. The number of aromatic amines is 1. The van der Waals surface area contributed by atoms with Gasteiger partial charge in [-0.2, -0.15) is 5.10 Å². The van der Waals surface area contributed by atoms with Gasteiger partial charge in [0.1, 0.15) is 16.7 Å². The number of fused-ring (bicyclic) bond motifs is 2. The lowest BCUT2D eigenvalue weighted by Crippen LogP contribution is -2.29. The van der Waals surface area contributed by atoms with E-state index < -0.39 is 6.04 Å². The Morgan fingerprint density at radius 2 is 1.96 bits per heavy atom. The van der Waals surface area contributed by atoms with Crippen molar-refractivity contribution in [1.29, 1.82) is 0 Å². The molecule has 1 aliphatic rings. The largest absolute Gasteiger partial charge is 0.306 e. The van der Waals surface area contributed by atoms with E-state index in [-0.39, 0.29) is 5.92 Å². The van der Waals surface area contributed by atoms with Gasteiger partial charge >= 0.3 is 0 Å². The van der Waals surface area contributed by atoms with Crippen molar-refractivity contribution in [2.24, 2.45) is 4.99 Å². The lowest BCUT2D eigenvalue weighted by atomic mass is 9.80. The maximum absolute atomic E-state index is 7.86. The minimum absolute atomic E-state index is 0.280. The molecule has 26 heavy (non-hydrogen) atoms. The van der Waals surface area contributed by atoms with Crippen LogP contribution in [-0.4, -0.2) is 37.2 Å². The molecule has 0 aliphatic carbocycles. The average Bonchev–Trinajstić information content (AvgIpc) is 3.36. The van der Waals surface area contributed by atoms with Gasteiger partial charge < -0.3 is 4.85 Å². The Bertz CT molecular complexity index is 1170. The van der Waals surface area contributed by atoms with Gasteiger partial charge in [-0.05, 0) is 34.1 Å². The SMILES string of the molecule is [C-]#[N+]C1C(c2ccncc2)=Nc2[nH]ncc2C1c1cccc2nonc12. The van der Waals surface area contributed by atoms with Gasteiger partial charge in [0.15, 0.2) is 5.82 Å². The lowest BCUT2D eigenvalue weighted by molar-refractivity contribution is 0.315. The van der Waals surface area contributed by atoms with Gasteiger partial charge in [0.2, 0.25) is 0 Å². The number of aromatic nitrogens is 5. The number of hydrogen-bond donors (Lipinski definition) is 1. The predicted octanol–water partition coefficient (Wildman–Crippen LogP) is 2.90. The van der Waals surface area contributed by atoms with E-state index in [1.165, 1.54) is 0 Å². The molecule has 0 saturated carbocycles. The molecular weight excluding hydrogens is 330 g/mol. The molecule has 2 atom stereocenters. The number of nitrogens with one attached hydrogen (secondary N) is 1. The zero-order chi connectivity index (χ0) is 17.5. The Hall–Kier alpha value is -3.86. The van der Waals surface area contributed by atoms with E-state index in [1.54, 1.807) is 18.6 Å². The first-order valence-corrected chi connectivity index (χ1v) is 7.97. The van der Waals surface area contributed by atoms with Crippen LogP contribution in [0.25, 0.3) is 15.9 Å². The Morgan fingerprint density at radius 1 is 1.08 bits per heavy atom. The summed E-state index contributed by atoms with van der Waals surface area (Å²) in [5.74, 6) is 0.368. The number of nitrogens with zero attached hydrogens (tertiary/aromatic N) is 6. The highest BCUT2D eigenvalue weighted by Crippen LogP contribution is 2.42. The summed E-state index contributed by atoms with van der Waals surface area (Å²) in [6.45, 7) is 7.86. The maximum Gasteiger partial charge on any atom is 0.276 e. The monoisotopic (exact) mass is 341 g/mol. The fourth-order valence-corrected chi connectivity index (χ4v) is 3.43. The van der Waals surface area contributed by atoms with Crippen LogP contribution in [0.3, 0.4) is 0 Å². The first kappa shape index (κ1) is 14.5. The molecule has 1 aromatic carbocycles. The second-order valence-electron chi connectivity index (χ2n) is 5.94. The second-order valence-corrected chi connectivity index (χ2v) is 5.94. The van der Waals surface area contributed by atoms with Crippen LogP contribution < -0.4 is 0 Å². The smallest absolute Gasteiger partial charge is 0.276 e. The zero-order valence-electron chi connectivity index (χ0n) is 13.4. The van der Waals surface area contributed by atoms with Crippen molar-refractivity contribution in [3.63, 3.8) is 0 Å². The van der Waals surface area contributed by atoms with Crippen LogP contribution in [0.2, 0.25) is 0 Å². The Labute approximate surface area is 147 Å². The Kier molecular flexibility index (Phi) is 3.12. The first-order chi connectivity index (χ1) is 12.9. The molecule has 1 N–H and O–H groups in total. The minimum Gasteiger partial charge on any atom is -0.306 e. The summed E-state index contributed by atoms with van der Waals surface area (Å²) in [4.78, 5) is 12.6. The van der Waals surface area contributed by atoms with E-state index >= 15 is 0 Å². The van der Waals surface area contributed by atoms with Crippen LogP contribution in [-0.2, 0) is 0 Å². The highest BCUT2D eigenvalue weighted by Gasteiger charge is 2.42. The zero-order valence-corrected chi connectivity index (χ0v) is 13.4. The summed E-state index contributed by atoms with van der Waals surface area (Å²) >= 11 is 0. The first-order valence-electron chi connectivity index (χ1n) is 7.97. The fourth-order valence-electron chi connectivity index (χ4n) is 3.43. The molecule has 0 spiro atoms. The van der Waals surface area contributed by atoms with E-state index in [1.807, 2.05) is 30.3 Å². The van der Waals surface area contributed by atoms with Crippen molar-refractivity contribution in [3.8, 4) is 0 Å². The van der Waals surface area contributed by atoms with Gasteiger partial charge in [-0.15, -0.1) is 0 Å². The van der Waals surface area contributed by atoms with Gasteiger partial charge in [0, 0.05) is 23.5 Å². The quantitative estimate of drug-likeness (QED) is 0.565. The van der Waals surface area contributed by atoms with E-state index in [0.29, 0.717) is 22.6 Å². The van der Waals surface area contributed by atoms with Gasteiger partial charge in [-0.25, -0.2) is 16.2 Å². The molecular formula is C18H11N7O. The number of rotatable bonds is 2. The topological polar surface area (TPSA) is 97.2 Å². The number of aliphatic imine (C=N–C) groups is 1. The second kappa shape index (κ2) is 5.60. The summed E-state index contributed by atoms with van der Waals surface area (Å²) in [6.07, 6.45) is 5.11. The number of hydrogen-bond acceptors (Lipinski definition) is 6. The third kappa shape index (κ3) is 2.04. The average molecular weight is 341 g/mol. The number of pyridine rings is 1. The van der Waals surface area contributed by atoms with Gasteiger partial charge in [-0.1, -0.05) is 12.1 Å². The Morgan fingerprint density at radius 3 is 2.81 bits per heavy atom. The van der Waals surface area contributed by atoms with E-state index in [4.69, 9.17) is 11.2 Å². The van der Waals surface area contributed by atoms with Crippen LogP contribution in [0.5, 0.6) is 0 Å². The number of H-pyrrole nitrogens is 1. The standard InChI is InChI=1S/C18H11N7O/c1-19-17-14(11-3-2-4-13-16(11)25-26-24-13)12-9-21-23-18(12)22-15(17)10-5-7-20-8-6-10/h2-9,14,17H,(H,21,23). The van der Waals surface area contributed by atoms with E-state index in [9.17, 15) is 0 Å². The summed E-state index contributed by atoms with van der Waals surface area (Å²) in [5.41, 5.74) is 4.57. The molecule has 4 heterocycles. The molecule has 2 unspecified atom stereocenters. The van der Waals surface area contributed by atoms with Gasteiger partial charge in [-0.3, -0.25) is 10.1 Å². The maximum atomic E-state index is 7.86. The Balaban J connectivity index is 1.77. The van der Waals surface area contributed by atoms with Gasteiger partial charge in [0.25, 0.3) is 6.04 Å². The number of benzene rings is 1. The molecule has 5 rings (SSSR count). The summed E-state index contributed by atoms with van der Waals surface area (Å²) in [5, 5.41) is 15.0. The van der Waals surface area contributed by atoms with Gasteiger partial charge in [0.05, 0.1) is 12.1 Å². The summed E-state index contributed by atoms with van der Waals surface area (Å²) in [6, 6.07) is 8.85. The predicted molar refractivity (Wildman–Crippen MR) is 93.1 cm³/mol. The molecule has 0 radical (unpaired) electrons. The third-order valence-corrected chi connectivity index (χ3v) is 4.58. The van der Waals surface area contributed by atoms with Crippen LogP contribution in [0, 0.1) is 6.57 Å². The van der Waals surface area contributed by atoms with Crippen molar-refractivity contribution >= 4 is 22.6 Å². The van der Waals surface area contributed by atoms with Crippen LogP contribution in [0.15, 0.2) is 58.5 Å². The van der Waals surface area contributed by atoms with Crippen molar-refractivity contribution in [2.75, 3.05) is 0 Å². The highest BCUT2D eigenvalue weighted by atomic mass is 16.6. The summed E-state index contributed by atoms with van der Waals surface area (Å²) < 4.78 is 4.91. The van der Waals surface area contributed by atoms with Crippen LogP contribution in [0.4, 0.5) is 5.82 Å². The van der Waals surface area contributed by atoms with Crippen LogP contribution >= 0.6 is 0 Å². The lowest BCUT2D eigenvalue weighted by Gasteiger charge is -2.23. The minimum atomic E-state index is -0.523. The summed E-state index contributed by atoms with van der Waals surface area (Å²) in [7, 11) is 0.